The van der Waals surface area contributed by atoms with Gasteiger partial charge in [0.2, 0.25) is 0 Å². The van der Waals surface area contributed by atoms with E-state index in [1.807, 2.05) is 20.8 Å². The molecule has 0 aliphatic carbocycles. The van der Waals surface area contributed by atoms with E-state index in [2.05, 4.69) is 0 Å². The van der Waals surface area contributed by atoms with Gasteiger partial charge in [-0.25, -0.2) is 0 Å². The Morgan fingerprint density at radius 2 is 1.03 bits per heavy atom. The summed E-state index contributed by atoms with van der Waals surface area (Å²) in [5, 5.41) is 0. The molecule has 10 nitrogen and oxygen atoms in total. The third-order valence-corrected chi connectivity index (χ3v) is 4.24. The zero-order chi connectivity index (χ0) is 26.3. The number of rotatable bonds is 23. The summed E-state index contributed by atoms with van der Waals surface area (Å²) in [4.78, 5) is 22.1. The molecule has 0 unspecified atom stereocenters. The van der Waals surface area contributed by atoms with Crippen LogP contribution in [0.3, 0.4) is 0 Å². The van der Waals surface area contributed by atoms with Crippen molar-refractivity contribution in [2.24, 2.45) is 0 Å². The highest BCUT2D eigenvalue weighted by Crippen LogP contribution is 2.10. The minimum absolute atomic E-state index is 0.232. The Balaban J connectivity index is 1.72. The first-order valence-corrected chi connectivity index (χ1v) is 12.3. The monoisotopic (exact) mass is 514 g/mol. The first kappa shape index (κ1) is 31.9. The molecule has 10 heteroatoms. The Morgan fingerprint density at radius 3 is 1.42 bits per heavy atom. The quantitative estimate of drug-likeness (QED) is 0.123. The van der Waals surface area contributed by atoms with E-state index < -0.39 is 5.60 Å². The summed E-state index contributed by atoms with van der Waals surface area (Å²) < 4.78 is 43.2. The molecule has 0 amide bonds. The van der Waals surface area contributed by atoms with Gasteiger partial charge in [0.25, 0.3) is 0 Å². The van der Waals surface area contributed by atoms with E-state index in [0.29, 0.717) is 97.2 Å². The van der Waals surface area contributed by atoms with E-state index in [-0.39, 0.29) is 12.4 Å². The summed E-state index contributed by atoms with van der Waals surface area (Å²) in [6.07, 6.45) is 1.03. The van der Waals surface area contributed by atoms with Crippen molar-refractivity contribution in [1.82, 2.24) is 0 Å². The summed E-state index contributed by atoms with van der Waals surface area (Å²) in [7, 11) is 0. The average molecular weight is 515 g/mol. The molecule has 206 valence electrons. The van der Waals surface area contributed by atoms with Crippen LogP contribution < -0.4 is 4.74 Å². The van der Waals surface area contributed by atoms with Crippen molar-refractivity contribution in [3.05, 3.63) is 29.8 Å². The number of carbonyl (C=O) groups excluding carboxylic acids is 2. The number of hydrogen-bond donors (Lipinski definition) is 0. The molecule has 0 aliphatic rings. The zero-order valence-electron chi connectivity index (χ0n) is 21.9. The fraction of sp³-hybridized carbons (Fsp3) is 0.692. The van der Waals surface area contributed by atoms with Crippen molar-refractivity contribution in [3.8, 4) is 5.75 Å². The standard InChI is InChI=1S/C26H42O10/c1-26(2,3)36-25(28)8-9-29-10-11-30-12-13-31-14-15-32-16-17-33-18-19-34-20-21-35-24-6-4-23(22-27)5-7-24/h4-7,22H,8-21H2,1-3H3. The Bertz CT molecular complexity index is 672. The van der Waals surface area contributed by atoms with Crippen LogP contribution in [-0.2, 0) is 38.0 Å². The van der Waals surface area contributed by atoms with Crippen molar-refractivity contribution >= 4 is 12.3 Å². The first-order valence-electron chi connectivity index (χ1n) is 12.3. The van der Waals surface area contributed by atoms with E-state index in [1.165, 1.54) is 0 Å². The minimum Gasteiger partial charge on any atom is -0.491 e. The van der Waals surface area contributed by atoms with Crippen LogP contribution >= 0.6 is 0 Å². The normalized spacial score (nSPS) is 11.4. The van der Waals surface area contributed by atoms with E-state index >= 15 is 0 Å². The van der Waals surface area contributed by atoms with Gasteiger partial charge < -0.3 is 37.9 Å². The maximum Gasteiger partial charge on any atom is 0.308 e. The molecule has 0 fully saturated rings. The first-order chi connectivity index (χ1) is 17.4. The molecule has 0 bridgehead atoms. The predicted octanol–water partition coefficient (Wildman–Crippen LogP) is 2.71. The van der Waals surface area contributed by atoms with Crippen molar-refractivity contribution < 1.29 is 47.5 Å². The molecule has 0 radical (unpaired) electrons. The summed E-state index contributed by atoms with van der Waals surface area (Å²) in [6.45, 7) is 11.4. The van der Waals surface area contributed by atoms with Gasteiger partial charge in [-0.15, -0.1) is 0 Å². The second kappa shape index (κ2) is 21.0. The third kappa shape index (κ3) is 20.1. The highest BCUT2D eigenvalue weighted by atomic mass is 16.6. The highest BCUT2D eigenvalue weighted by molar-refractivity contribution is 5.74. The fourth-order valence-electron chi connectivity index (χ4n) is 2.61. The maximum atomic E-state index is 11.5. The largest absolute Gasteiger partial charge is 0.491 e. The average Bonchev–Trinajstić information content (AvgIpc) is 2.84. The van der Waals surface area contributed by atoms with Crippen LogP contribution in [0.4, 0.5) is 0 Å². The Kier molecular flexibility index (Phi) is 18.7. The lowest BCUT2D eigenvalue weighted by Gasteiger charge is -2.19. The van der Waals surface area contributed by atoms with Crippen molar-refractivity contribution in [3.63, 3.8) is 0 Å². The highest BCUT2D eigenvalue weighted by Gasteiger charge is 2.15. The van der Waals surface area contributed by atoms with Gasteiger partial charge in [0.05, 0.1) is 85.7 Å². The molecule has 1 rings (SSSR count). The van der Waals surface area contributed by atoms with Crippen LogP contribution in [-0.4, -0.2) is 104 Å². The predicted molar refractivity (Wildman–Crippen MR) is 133 cm³/mol. The van der Waals surface area contributed by atoms with Gasteiger partial charge in [0.1, 0.15) is 24.2 Å². The SMILES string of the molecule is CC(C)(C)OC(=O)CCOCCOCCOCCOCCOCCOCCOc1ccc(C=O)cc1. The van der Waals surface area contributed by atoms with Gasteiger partial charge in [0.15, 0.2) is 0 Å². The van der Waals surface area contributed by atoms with Crippen LogP contribution in [0.25, 0.3) is 0 Å². The molecular weight excluding hydrogens is 472 g/mol. The smallest absolute Gasteiger partial charge is 0.308 e. The van der Waals surface area contributed by atoms with Crippen molar-refractivity contribution in [1.29, 1.82) is 0 Å². The Morgan fingerprint density at radius 1 is 0.639 bits per heavy atom. The molecule has 1 aromatic carbocycles. The molecule has 0 N–H and O–H groups in total. The van der Waals surface area contributed by atoms with Gasteiger partial charge in [-0.05, 0) is 45.0 Å². The molecule has 0 saturated heterocycles. The van der Waals surface area contributed by atoms with E-state index in [0.717, 1.165) is 6.29 Å². The molecule has 0 spiro atoms. The van der Waals surface area contributed by atoms with Crippen LogP contribution in [0.2, 0.25) is 0 Å². The molecule has 0 aromatic heterocycles. The summed E-state index contributed by atoms with van der Waals surface area (Å²) >= 11 is 0. The number of aldehydes is 1. The van der Waals surface area contributed by atoms with Gasteiger partial charge in [-0.3, -0.25) is 9.59 Å². The number of esters is 1. The van der Waals surface area contributed by atoms with E-state index in [1.54, 1.807) is 24.3 Å². The minimum atomic E-state index is -0.471. The number of benzene rings is 1. The van der Waals surface area contributed by atoms with Crippen LogP contribution in [0, 0.1) is 0 Å². The summed E-state index contributed by atoms with van der Waals surface area (Å²) in [6, 6.07) is 6.92. The fourth-order valence-corrected chi connectivity index (χ4v) is 2.61. The van der Waals surface area contributed by atoms with Gasteiger partial charge in [0, 0.05) is 5.56 Å². The molecule has 0 atom stereocenters. The van der Waals surface area contributed by atoms with Crippen LogP contribution in [0.15, 0.2) is 24.3 Å². The lowest BCUT2D eigenvalue weighted by atomic mass is 10.2. The Hall–Kier alpha value is -2.08. The topological polar surface area (TPSA) is 108 Å². The third-order valence-electron chi connectivity index (χ3n) is 4.24. The van der Waals surface area contributed by atoms with Crippen LogP contribution in [0.1, 0.15) is 37.6 Å². The van der Waals surface area contributed by atoms with E-state index in [9.17, 15) is 9.59 Å². The lowest BCUT2D eigenvalue weighted by Crippen LogP contribution is -2.24. The second-order valence-electron chi connectivity index (χ2n) is 8.55. The maximum absolute atomic E-state index is 11.5. The summed E-state index contributed by atoms with van der Waals surface area (Å²) in [5.74, 6) is 0.436. The summed E-state index contributed by atoms with van der Waals surface area (Å²) in [5.41, 5.74) is 0.145. The van der Waals surface area contributed by atoms with Gasteiger partial charge >= 0.3 is 5.97 Å². The number of ether oxygens (including phenoxy) is 8. The molecule has 0 aliphatic heterocycles. The molecule has 36 heavy (non-hydrogen) atoms. The van der Waals surface area contributed by atoms with Gasteiger partial charge in [-0.2, -0.15) is 0 Å². The van der Waals surface area contributed by atoms with E-state index in [4.69, 9.17) is 37.9 Å². The number of carbonyl (C=O) groups is 2. The van der Waals surface area contributed by atoms with Crippen molar-refractivity contribution in [2.45, 2.75) is 32.8 Å². The zero-order valence-corrected chi connectivity index (χ0v) is 21.9. The van der Waals surface area contributed by atoms with Crippen LogP contribution in [0.5, 0.6) is 5.75 Å². The molecular formula is C26H42O10. The molecule has 0 heterocycles. The second-order valence-corrected chi connectivity index (χ2v) is 8.55. The number of hydrogen-bond acceptors (Lipinski definition) is 10. The molecule has 1 aromatic rings. The van der Waals surface area contributed by atoms with Crippen molar-refractivity contribution in [2.75, 3.05) is 85.9 Å². The van der Waals surface area contributed by atoms with Gasteiger partial charge in [-0.1, -0.05) is 0 Å². The Labute approximate surface area is 214 Å². The lowest BCUT2D eigenvalue weighted by molar-refractivity contribution is -0.156. The molecule has 0 saturated carbocycles.